The van der Waals surface area contributed by atoms with Crippen molar-refractivity contribution in [3.8, 4) is 0 Å². The molecule has 8 heteroatoms. The van der Waals surface area contributed by atoms with E-state index in [-0.39, 0.29) is 6.03 Å². The molecule has 0 atom stereocenters. The second-order valence-corrected chi connectivity index (χ2v) is 7.57. The average Bonchev–Trinajstić information content (AvgIpc) is 3.12. The van der Waals surface area contributed by atoms with E-state index in [9.17, 15) is 9.59 Å². The van der Waals surface area contributed by atoms with Crippen molar-refractivity contribution < 1.29 is 14.3 Å². The molecular weight excluding hydrogens is 370 g/mol. The third-order valence-corrected chi connectivity index (χ3v) is 4.02. The molecule has 0 unspecified atom stereocenters. The largest absolute Gasteiger partial charge is 0.444 e. The number of carbonyl (C=O) groups excluding carboxylic acids is 2. The third kappa shape index (κ3) is 5.97. The van der Waals surface area contributed by atoms with E-state index in [2.05, 4.69) is 25.9 Å². The number of H-pyrrole nitrogens is 1. The predicted molar refractivity (Wildman–Crippen MR) is 111 cm³/mol. The summed E-state index contributed by atoms with van der Waals surface area (Å²) in [6.45, 7) is 6.13. The summed E-state index contributed by atoms with van der Waals surface area (Å²) in [7, 11) is 0. The lowest BCUT2D eigenvalue weighted by molar-refractivity contribution is 0.0636. The lowest BCUT2D eigenvalue weighted by Gasteiger charge is -2.19. The first-order valence-corrected chi connectivity index (χ1v) is 9.32. The van der Waals surface area contributed by atoms with Crippen LogP contribution in [0, 0.1) is 0 Å². The summed E-state index contributed by atoms with van der Waals surface area (Å²) in [5.74, 6) is 0. The quantitative estimate of drug-likeness (QED) is 0.525. The van der Waals surface area contributed by atoms with E-state index in [0.29, 0.717) is 18.8 Å². The molecule has 4 N–H and O–H groups in total. The number of benzene rings is 1. The number of carbonyl (C=O) groups is 2. The minimum atomic E-state index is -0.567. The number of hydrogen-bond acceptors (Lipinski definition) is 4. The van der Waals surface area contributed by atoms with Gasteiger partial charge in [0.1, 0.15) is 11.2 Å². The Kier molecular flexibility index (Phi) is 6.01. The molecule has 0 saturated heterocycles. The highest BCUT2D eigenvalue weighted by Gasteiger charge is 2.16. The average molecular weight is 395 g/mol. The number of anilines is 1. The van der Waals surface area contributed by atoms with Crippen LogP contribution in [0.1, 0.15) is 31.9 Å². The van der Waals surface area contributed by atoms with E-state index < -0.39 is 11.7 Å². The summed E-state index contributed by atoms with van der Waals surface area (Å²) in [6, 6.07) is 10.8. The zero-order valence-electron chi connectivity index (χ0n) is 16.7. The highest BCUT2D eigenvalue weighted by atomic mass is 16.6. The SMILES string of the molecule is CC(C)(C)OC(=O)Nc1cccc(CNC(=O)NCc2ccnc3[nH]ccc23)c1. The second kappa shape index (κ2) is 8.64. The fourth-order valence-corrected chi connectivity index (χ4v) is 2.77. The molecule has 0 aliphatic carbocycles. The van der Waals surface area contributed by atoms with Crippen LogP contribution in [-0.2, 0) is 17.8 Å². The fraction of sp³-hybridized carbons (Fsp3) is 0.286. The molecule has 152 valence electrons. The first kappa shape index (κ1) is 20.2. The first-order valence-electron chi connectivity index (χ1n) is 9.32. The van der Waals surface area contributed by atoms with Crippen LogP contribution in [0.5, 0.6) is 0 Å². The molecule has 0 aliphatic heterocycles. The molecule has 8 nitrogen and oxygen atoms in total. The number of pyridine rings is 1. The number of fused-ring (bicyclic) bond motifs is 1. The van der Waals surface area contributed by atoms with Gasteiger partial charge in [-0.3, -0.25) is 5.32 Å². The van der Waals surface area contributed by atoms with E-state index in [1.54, 1.807) is 45.2 Å². The van der Waals surface area contributed by atoms with Gasteiger partial charge in [-0.05, 0) is 56.2 Å². The van der Waals surface area contributed by atoms with Crippen molar-refractivity contribution in [2.45, 2.75) is 39.5 Å². The Morgan fingerprint density at radius 2 is 1.90 bits per heavy atom. The van der Waals surface area contributed by atoms with Crippen LogP contribution in [0.3, 0.4) is 0 Å². The molecule has 3 rings (SSSR count). The normalized spacial score (nSPS) is 11.1. The summed E-state index contributed by atoms with van der Waals surface area (Å²) in [6.07, 6.45) is 3.00. The van der Waals surface area contributed by atoms with E-state index in [4.69, 9.17) is 4.74 Å². The standard InChI is InChI=1S/C21H25N5O3/c1-21(2,3)29-20(28)26-16-6-4-5-14(11-16)12-24-19(27)25-13-15-7-9-22-18-17(15)8-10-23-18/h4-11H,12-13H2,1-3H3,(H,22,23)(H,26,28)(H2,24,25,27). The minimum absolute atomic E-state index is 0.281. The van der Waals surface area contributed by atoms with Gasteiger partial charge in [-0.15, -0.1) is 0 Å². The number of ether oxygens (including phenoxy) is 1. The van der Waals surface area contributed by atoms with E-state index in [1.165, 1.54) is 0 Å². The Morgan fingerprint density at radius 1 is 1.10 bits per heavy atom. The number of nitrogens with one attached hydrogen (secondary N) is 4. The lowest BCUT2D eigenvalue weighted by atomic mass is 10.2. The summed E-state index contributed by atoms with van der Waals surface area (Å²) < 4.78 is 5.24. The Morgan fingerprint density at radius 3 is 2.69 bits per heavy atom. The van der Waals surface area contributed by atoms with Crippen LogP contribution in [0.2, 0.25) is 0 Å². The van der Waals surface area contributed by atoms with E-state index in [1.807, 2.05) is 24.4 Å². The van der Waals surface area contributed by atoms with Gasteiger partial charge in [-0.1, -0.05) is 12.1 Å². The van der Waals surface area contributed by atoms with Crippen molar-refractivity contribution in [1.29, 1.82) is 0 Å². The maximum atomic E-state index is 12.1. The van der Waals surface area contributed by atoms with Crippen molar-refractivity contribution in [2.24, 2.45) is 0 Å². The monoisotopic (exact) mass is 395 g/mol. The van der Waals surface area contributed by atoms with Crippen LogP contribution < -0.4 is 16.0 Å². The van der Waals surface area contributed by atoms with Gasteiger partial charge < -0.3 is 20.4 Å². The van der Waals surface area contributed by atoms with Gasteiger partial charge in [0, 0.05) is 36.6 Å². The van der Waals surface area contributed by atoms with Gasteiger partial charge in [0.05, 0.1) is 0 Å². The summed E-state index contributed by atoms with van der Waals surface area (Å²) in [5.41, 5.74) is 2.66. The fourth-order valence-electron chi connectivity index (χ4n) is 2.77. The van der Waals surface area contributed by atoms with Gasteiger partial charge in [-0.2, -0.15) is 0 Å². The Labute approximate surface area is 169 Å². The zero-order chi connectivity index (χ0) is 20.9. The van der Waals surface area contributed by atoms with Crippen molar-refractivity contribution >= 4 is 28.8 Å². The highest BCUT2D eigenvalue weighted by Crippen LogP contribution is 2.15. The third-order valence-electron chi connectivity index (χ3n) is 4.02. The number of amides is 3. The molecule has 0 radical (unpaired) electrons. The lowest BCUT2D eigenvalue weighted by Crippen LogP contribution is -2.34. The molecule has 3 amide bonds. The molecule has 0 saturated carbocycles. The molecule has 0 spiro atoms. The van der Waals surface area contributed by atoms with Crippen molar-refractivity contribution in [2.75, 3.05) is 5.32 Å². The van der Waals surface area contributed by atoms with Gasteiger partial charge in [-0.25, -0.2) is 14.6 Å². The molecule has 2 aromatic heterocycles. The molecule has 0 aliphatic rings. The van der Waals surface area contributed by atoms with Gasteiger partial charge >= 0.3 is 12.1 Å². The summed E-state index contributed by atoms with van der Waals surface area (Å²) in [5, 5.41) is 9.32. The first-order chi connectivity index (χ1) is 13.8. The number of rotatable bonds is 5. The molecule has 0 bridgehead atoms. The molecule has 2 heterocycles. The summed E-state index contributed by atoms with van der Waals surface area (Å²) in [4.78, 5) is 31.3. The topological polar surface area (TPSA) is 108 Å². The molecule has 29 heavy (non-hydrogen) atoms. The van der Waals surface area contributed by atoms with Crippen molar-refractivity contribution in [3.63, 3.8) is 0 Å². The minimum Gasteiger partial charge on any atom is -0.444 e. The summed E-state index contributed by atoms with van der Waals surface area (Å²) >= 11 is 0. The number of nitrogens with zero attached hydrogens (tertiary/aromatic N) is 1. The number of urea groups is 1. The Balaban J connectivity index is 1.50. The molecule has 0 fully saturated rings. The smallest absolute Gasteiger partial charge is 0.412 e. The van der Waals surface area contributed by atoms with Crippen LogP contribution in [0.4, 0.5) is 15.3 Å². The second-order valence-electron chi connectivity index (χ2n) is 7.57. The maximum absolute atomic E-state index is 12.1. The maximum Gasteiger partial charge on any atom is 0.412 e. The van der Waals surface area contributed by atoms with Crippen molar-refractivity contribution in [1.82, 2.24) is 20.6 Å². The van der Waals surface area contributed by atoms with Crippen molar-refractivity contribution in [3.05, 3.63) is 59.9 Å². The number of hydrogen-bond donors (Lipinski definition) is 4. The van der Waals surface area contributed by atoms with Crippen LogP contribution in [0.15, 0.2) is 48.8 Å². The van der Waals surface area contributed by atoms with Gasteiger partial charge in [0.2, 0.25) is 0 Å². The Hall–Kier alpha value is -3.55. The van der Waals surface area contributed by atoms with Gasteiger partial charge in [0.15, 0.2) is 0 Å². The number of aromatic nitrogens is 2. The Bertz CT molecular complexity index is 1010. The highest BCUT2D eigenvalue weighted by molar-refractivity contribution is 5.85. The van der Waals surface area contributed by atoms with Crippen LogP contribution in [-0.4, -0.2) is 27.7 Å². The number of aromatic amines is 1. The van der Waals surface area contributed by atoms with Crippen LogP contribution >= 0.6 is 0 Å². The predicted octanol–water partition coefficient (Wildman–Crippen LogP) is 3.91. The molecular formula is C21H25N5O3. The molecule has 1 aromatic carbocycles. The van der Waals surface area contributed by atoms with Gasteiger partial charge in [0.25, 0.3) is 0 Å². The zero-order valence-corrected chi connectivity index (χ0v) is 16.7. The van der Waals surface area contributed by atoms with Crippen LogP contribution in [0.25, 0.3) is 11.0 Å². The molecule has 3 aromatic rings. The van der Waals surface area contributed by atoms with E-state index in [0.717, 1.165) is 22.2 Å². The van der Waals surface area contributed by atoms with E-state index >= 15 is 0 Å².